The topological polar surface area (TPSA) is 48.4 Å². The second-order valence-corrected chi connectivity index (χ2v) is 3.93. The van der Waals surface area contributed by atoms with E-state index in [4.69, 9.17) is 4.74 Å². The maximum Gasteiger partial charge on any atom is 0.434 e. The highest BCUT2D eigenvalue weighted by Gasteiger charge is 2.38. The molecule has 0 bridgehead atoms. The van der Waals surface area contributed by atoms with E-state index >= 15 is 0 Å². The Morgan fingerprint density at radius 3 is 2.45 bits per heavy atom. The zero-order valence-corrected chi connectivity index (χ0v) is 10.6. The van der Waals surface area contributed by atoms with Crippen LogP contribution in [0.2, 0.25) is 0 Å². The molecule has 0 atom stereocenters. The molecule has 0 aliphatic heterocycles. The lowest BCUT2D eigenvalue weighted by Gasteiger charge is -2.12. The average Bonchev–Trinajstić information content (AvgIpc) is 2.43. The Balaban J connectivity index is 2.74. The molecule has 0 saturated carbocycles. The second-order valence-electron chi connectivity index (χ2n) is 3.93. The number of fused-ring (bicyclic) bond motifs is 1. The number of halogens is 3. The van der Waals surface area contributed by atoms with Crippen LogP contribution in [-0.2, 0) is 10.9 Å². The fourth-order valence-corrected chi connectivity index (χ4v) is 1.76. The number of alkyl halides is 3. The largest absolute Gasteiger partial charge is 0.497 e. The molecule has 0 spiro atoms. The number of esters is 1. The molecular formula is C13H10F3NO3. The van der Waals surface area contributed by atoms with E-state index in [0.29, 0.717) is 11.1 Å². The molecule has 1 heterocycles. The quantitative estimate of drug-likeness (QED) is 0.796. The van der Waals surface area contributed by atoms with Crippen LogP contribution in [0.25, 0.3) is 10.9 Å². The summed E-state index contributed by atoms with van der Waals surface area (Å²) in [7, 11) is 2.41. The number of aromatic nitrogens is 1. The van der Waals surface area contributed by atoms with Crippen molar-refractivity contribution in [2.45, 2.75) is 6.18 Å². The number of rotatable bonds is 2. The summed E-state index contributed by atoms with van der Waals surface area (Å²) in [6, 6.07) is 5.56. The fourth-order valence-electron chi connectivity index (χ4n) is 1.76. The monoisotopic (exact) mass is 285 g/mol. The molecule has 0 aliphatic carbocycles. The summed E-state index contributed by atoms with van der Waals surface area (Å²) < 4.78 is 48.2. The summed E-state index contributed by atoms with van der Waals surface area (Å²) >= 11 is 0. The molecule has 7 heteroatoms. The first kappa shape index (κ1) is 14.1. The van der Waals surface area contributed by atoms with Crippen molar-refractivity contribution in [1.82, 2.24) is 4.98 Å². The van der Waals surface area contributed by atoms with Gasteiger partial charge >= 0.3 is 12.1 Å². The van der Waals surface area contributed by atoms with Gasteiger partial charge in [-0.3, -0.25) is 0 Å². The highest BCUT2D eigenvalue weighted by Crippen LogP contribution is 2.33. The molecule has 0 saturated heterocycles. The first-order chi connectivity index (χ1) is 9.36. The van der Waals surface area contributed by atoms with Crippen molar-refractivity contribution in [3.63, 3.8) is 0 Å². The molecule has 0 amide bonds. The van der Waals surface area contributed by atoms with Crippen molar-refractivity contribution in [2.24, 2.45) is 0 Å². The molecule has 0 fully saturated rings. The summed E-state index contributed by atoms with van der Waals surface area (Å²) in [5.74, 6) is -0.702. The number of carbonyl (C=O) groups is 1. The molecule has 0 aliphatic rings. The Kier molecular flexibility index (Phi) is 3.52. The number of benzene rings is 1. The zero-order chi connectivity index (χ0) is 14.9. The number of carbonyl (C=O) groups excluding carboxylic acids is 1. The van der Waals surface area contributed by atoms with Crippen LogP contribution in [0.3, 0.4) is 0 Å². The standard InChI is InChI=1S/C13H10F3NO3/c1-19-8-4-3-7-5-9(12(18)20-2)11(13(14,15)16)17-10(7)6-8/h3-6H,1-2H3. The lowest BCUT2D eigenvalue weighted by atomic mass is 10.1. The van der Waals surface area contributed by atoms with Crippen LogP contribution in [0.15, 0.2) is 24.3 Å². The van der Waals surface area contributed by atoms with E-state index < -0.39 is 23.4 Å². The molecule has 106 valence electrons. The highest BCUT2D eigenvalue weighted by molar-refractivity contribution is 5.95. The van der Waals surface area contributed by atoms with Crippen LogP contribution in [0.4, 0.5) is 13.2 Å². The zero-order valence-electron chi connectivity index (χ0n) is 10.6. The molecule has 1 aromatic heterocycles. The summed E-state index contributed by atoms with van der Waals surface area (Å²) in [5.41, 5.74) is -1.80. The van der Waals surface area contributed by atoms with E-state index in [1.807, 2.05) is 0 Å². The number of nitrogens with zero attached hydrogens (tertiary/aromatic N) is 1. The average molecular weight is 285 g/mol. The van der Waals surface area contributed by atoms with E-state index in [0.717, 1.165) is 13.2 Å². The van der Waals surface area contributed by atoms with Gasteiger partial charge in [0, 0.05) is 11.5 Å². The Morgan fingerprint density at radius 1 is 1.20 bits per heavy atom. The summed E-state index contributed by atoms with van der Waals surface area (Å²) in [6.45, 7) is 0. The first-order valence-corrected chi connectivity index (χ1v) is 5.51. The minimum absolute atomic E-state index is 0.0873. The molecule has 4 nitrogen and oxygen atoms in total. The predicted octanol–water partition coefficient (Wildman–Crippen LogP) is 3.05. The lowest BCUT2D eigenvalue weighted by molar-refractivity contribution is -0.141. The van der Waals surface area contributed by atoms with Crippen LogP contribution in [-0.4, -0.2) is 25.2 Å². The van der Waals surface area contributed by atoms with E-state index in [1.54, 1.807) is 6.07 Å². The number of pyridine rings is 1. The predicted molar refractivity (Wildman–Crippen MR) is 64.6 cm³/mol. The van der Waals surface area contributed by atoms with E-state index in [1.165, 1.54) is 19.2 Å². The fraction of sp³-hybridized carbons (Fsp3) is 0.231. The third-order valence-corrected chi connectivity index (χ3v) is 2.70. The molecule has 2 rings (SSSR count). The first-order valence-electron chi connectivity index (χ1n) is 5.51. The minimum atomic E-state index is -4.75. The van der Waals surface area contributed by atoms with Gasteiger partial charge in [-0.1, -0.05) is 0 Å². The van der Waals surface area contributed by atoms with Crippen molar-refractivity contribution in [3.8, 4) is 5.75 Å². The van der Waals surface area contributed by atoms with Gasteiger partial charge in [0.05, 0.1) is 25.3 Å². The van der Waals surface area contributed by atoms with E-state index in [9.17, 15) is 18.0 Å². The van der Waals surface area contributed by atoms with E-state index in [2.05, 4.69) is 9.72 Å². The Morgan fingerprint density at radius 2 is 1.90 bits per heavy atom. The van der Waals surface area contributed by atoms with E-state index in [-0.39, 0.29) is 5.52 Å². The van der Waals surface area contributed by atoms with Gasteiger partial charge in [0.1, 0.15) is 5.75 Å². The summed E-state index contributed by atoms with van der Waals surface area (Å²) in [4.78, 5) is 15.0. The number of hydrogen-bond acceptors (Lipinski definition) is 4. The maximum absolute atomic E-state index is 13.0. The molecule has 20 heavy (non-hydrogen) atoms. The van der Waals surface area contributed by atoms with Crippen molar-refractivity contribution in [1.29, 1.82) is 0 Å². The Labute approximate surface area is 112 Å². The summed E-state index contributed by atoms with van der Waals surface area (Å²) in [6.07, 6.45) is -4.75. The van der Waals surface area contributed by atoms with Crippen LogP contribution in [0, 0.1) is 0 Å². The van der Waals surface area contributed by atoms with Crippen LogP contribution in [0.5, 0.6) is 5.75 Å². The van der Waals surface area contributed by atoms with Crippen LogP contribution < -0.4 is 4.74 Å². The summed E-state index contributed by atoms with van der Waals surface area (Å²) in [5, 5.41) is 0.388. The maximum atomic E-state index is 13.0. The van der Waals surface area contributed by atoms with Gasteiger partial charge in [0.2, 0.25) is 0 Å². The lowest BCUT2D eigenvalue weighted by Crippen LogP contribution is -2.16. The Hall–Kier alpha value is -2.31. The molecule has 0 radical (unpaired) electrons. The van der Waals surface area contributed by atoms with Gasteiger partial charge in [-0.25, -0.2) is 9.78 Å². The highest BCUT2D eigenvalue weighted by atomic mass is 19.4. The smallest absolute Gasteiger partial charge is 0.434 e. The molecule has 0 unspecified atom stereocenters. The van der Waals surface area contributed by atoms with Gasteiger partial charge in [-0.15, -0.1) is 0 Å². The van der Waals surface area contributed by atoms with Crippen molar-refractivity contribution in [2.75, 3.05) is 14.2 Å². The number of ether oxygens (including phenoxy) is 2. The minimum Gasteiger partial charge on any atom is -0.497 e. The second kappa shape index (κ2) is 4.99. The van der Waals surface area contributed by atoms with Crippen molar-refractivity contribution < 1.29 is 27.4 Å². The normalized spacial score (nSPS) is 11.4. The van der Waals surface area contributed by atoms with Gasteiger partial charge in [0.25, 0.3) is 0 Å². The van der Waals surface area contributed by atoms with Gasteiger partial charge in [-0.2, -0.15) is 13.2 Å². The third kappa shape index (κ3) is 2.52. The van der Waals surface area contributed by atoms with Gasteiger partial charge < -0.3 is 9.47 Å². The number of hydrogen-bond donors (Lipinski definition) is 0. The van der Waals surface area contributed by atoms with Gasteiger partial charge in [0.15, 0.2) is 5.69 Å². The third-order valence-electron chi connectivity index (χ3n) is 2.70. The Bertz CT molecular complexity index is 668. The van der Waals surface area contributed by atoms with Crippen LogP contribution >= 0.6 is 0 Å². The molecule has 1 aromatic carbocycles. The van der Waals surface area contributed by atoms with Crippen molar-refractivity contribution >= 4 is 16.9 Å². The van der Waals surface area contributed by atoms with Crippen molar-refractivity contribution in [3.05, 3.63) is 35.5 Å². The SMILES string of the molecule is COC(=O)c1cc2ccc(OC)cc2nc1C(F)(F)F. The molecule has 2 aromatic rings. The van der Waals surface area contributed by atoms with Gasteiger partial charge in [-0.05, 0) is 18.2 Å². The van der Waals surface area contributed by atoms with Crippen LogP contribution in [0.1, 0.15) is 16.1 Å². The molecule has 0 N–H and O–H groups in total. The molecular weight excluding hydrogens is 275 g/mol. The number of methoxy groups -OCH3 is 2.